The number of hydrogen-bond acceptors (Lipinski definition) is 2. The van der Waals surface area contributed by atoms with Gasteiger partial charge in [-0.1, -0.05) is 37.3 Å². The van der Waals surface area contributed by atoms with Gasteiger partial charge in [-0.2, -0.15) is 0 Å². The smallest absolute Gasteiger partial charge is 0.164 e. The van der Waals surface area contributed by atoms with Crippen LogP contribution in [0.2, 0.25) is 5.02 Å². The summed E-state index contributed by atoms with van der Waals surface area (Å²) in [6.45, 7) is 0. The molecule has 3 heteroatoms. The first kappa shape index (κ1) is 13.4. The van der Waals surface area contributed by atoms with Crippen LogP contribution in [-0.2, 0) is 0 Å². The van der Waals surface area contributed by atoms with Crippen molar-refractivity contribution < 1.29 is 9.53 Å². The zero-order valence-electron chi connectivity index (χ0n) is 10.7. The summed E-state index contributed by atoms with van der Waals surface area (Å²) in [5, 5.41) is 0.521. The topological polar surface area (TPSA) is 26.3 Å². The van der Waals surface area contributed by atoms with E-state index in [1.807, 2.05) is 0 Å². The van der Waals surface area contributed by atoms with Crippen LogP contribution in [0.25, 0.3) is 0 Å². The summed E-state index contributed by atoms with van der Waals surface area (Å²) in [6.07, 6.45) is 6.78. The SMILES string of the molecule is COc1ccc(Cl)c(C(=O)CCC2CCCC2)c1. The molecule has 0 bridgehead atoms. The number of ketones is 1. The molecule has 98 valence electrons. The van der Waals surface area contributed by atoms with Crippen molar-refractivity contribution in [3.63, 3.8) is 0 Å². The van der Waals surface area contributed by atoms with E-state index in [1.165, 1.54) is 25.7 Å². The Bertz CT molecular complexity index is 423. The zero-order chi connectivity index (χ0) is 13.0. The number of benzene rings is 1. The van der Waals surface area contributed by atoms with Crippen molar-refractivity contribution in [2.75, 3.05) is 7.11 Å². The van der Waals surface area contributed by atoms with Gasteiger partial charge in [0.05, 0.1) is 12.1 Å². The quantitative estimate of drug-likeness (QED) is 0.734. The van der Waals surface area contributed by atoms with Gasteiger partial charge in [0.2, 0.25) is 0 Å². The van der Waals surface area contributed by atoms with Gasteiger partial charge in [0.25, 0.3) is 0 Å². The largest absolute Gasteiger partial charge is 0.497 e. The molecule has 0 spiro atoms. The third-order valence-corrected chi connectivity index (χ3v) is 4.06. The Labute approximate surface area is 113 Å². The van der Waals surface area contributed by atoms with E-state index >= 15 is 0 Å². The van der Waals surface area contributed by atoms with Crippen molar-refractivity contribution in [3.05, 3.63) is 28.8 Å². The molecule has 1 aromatic carbocycles. The van der Waals surface area contributed by atoms with Gasteiger partial charge in [-0.05, 0) is 30.5 Å². The highest BCUT2D eigenvalue weighted by Crippen LogP contribution is 2.30. The molecule has 0 unspecified atom stereocenters. The average Bonchev–Trinajstić information content (AvgIpc) is 2.89. The average molecular weight is 267 g/mol. The Morgan fingerprint density at radius 2 is 2.11 bits per heavy atom. The Hall–Kier alpha value is -1.02. The summed E-state index contributed by atoms with van der Waals surface area (Å²) < 4.78 is 5.13. The fourth-order valence-electron chi connectivity index (χ4n) is 2.61. The lowest BCUT2D eigenvalue weighted by Gasteiger charge is -2.09. The fourth-order valence-corrected chi connectivity index (χ4v) is 2.84. The summed E-state index contributed by atoms with van der Waals surface area (Å²) in [7, 11) is 1.59. The first-order valence-electron chi connectivity index (χ1n) is 6.57. The van der Waals surface area contributed by atoms with Crippen molar-refractivity contribution in [1.82, 2.24) is 0 Å². The number of hydrogen-bond donors (Lipinski definition) is 0. The molecular formula is C15H19ClO2. The second-order valence-electron chi connectivity index (χ2n) is 4.96. The Morgan fingerprint density at radius 3 is 2.78 bits per heavy atom. The zero-order valence-corrected chi connectivity index (χ0v) is 11.5. The van der Waals surface area contributed by atoms with Gasteiger partial charge < -0.3 is 4.74 Å². The van der Waals surface area contributed by atoms with E-state index in [9.17, 15) is 4.79 Å². The summed E-state index contributed by atoms with van der Waals surface area (Å²) in [4.78, 5) is 12.2. The Kier molecular flexibility index (Phi) is 4.65. The summed E-state index contributed by atoms with van der Waals surface area (Å²) in [5.41, 5.74) is 0.592. The third-order valence-electron chi connectivity index (χ3n) is 3.73. The lowest BCUT2D eigenvalue weighted by Crippen LogP contribution is -2.04. The summed E-state index contributed by atoms with van der Waals surface area (Å²) >= 11 is 6.07. The first-order valence-corrected chi connectivity index (χ1v) is 6.95. The minimum Gasteiger partial charge on any atom is -0.497 e. The van der Waals surface area contributed by atoms with E-state index in [4.69, 9.17) is 16.3 Å². The predicted molar refractivity (Wildman–Crippen MR) is 73.5 cm³/mol. The highest BCUT2D eigenvalue weighted by molar-refractivity contribution is 6.34. The van der Waals surface area contributed by atoms with E-state index in [1.54, 1.807) is 25.3 Å². The normalized spacial score (nSPS) is 15.9. The molecule has 1 aliphatic rings. The number of carbonyl (C=O) groups excluding carboxylic acids is 1. The Balaban J connectivity index is 1.98. The van der Waals surface area contributed by atoms with Gasteiger partial charge in [-0.25, -0.2) is 0 Å². The van der Waals surface area contributed by atoms with Gasteiger partial charge >= 0.3 is 0 Å². The van der Waals surface area contributed by atoms with Crippen LogP contribution in [0.4, 0.5) is 0 Å². The molecule has 2 nitrogen and oxygen atoms in total. The highest BCUT2D eigenvalue weighted by Gasteiger charge is 2.18. The highest BCUT2D eigenvalue weighted by atomic mass is 35.5. The van der Waals surface area contributed by atoms with Crippen LogP contribution < -0.4 is 4.74 Å². The molecular weight excluding hydrogens is 248 g/mol. The van der Waals surface area contributed by atoms with E-state index in [2.05, 4.69) is 0 Å². The molecule has 1 fully saturated rings. The maximum atomic E-state index is 12.2. The van der Waals surface area contributed by atoms with E-state index < -0.39 is 0 Å². The monoisotopic (exact) mass is 266 g/mol. The molecule has 0 heterocycles. The van der Waals surface area contributed by atoms with Crippen LogP contribution in [0, 0.1) is 5.92 Å². The van der Waals surface area contributed by atoms with Crippen LogP contribution in [0.15, 0.2) is 18.2 Å². The lowest BCUT2D eigenvalue weighted by atomic mass is 9.97. The number of rotatable bonds is 5. The molecule has 0 amide bonds. The number of methoxy groups -OCH3 is 1. The second-order valence-corrected chi connectivity index (χ2v) is 5.37. The lowest BCUT2D eigenvalue weighted by molar-refractivity contribution is 0.0973. The number of carbonyl (C=O) groups is 1. The minimum absolute atomic E-state index is 0.130. The first-order chi connectivity index (χ1) is 8.70. The van der Waals surface area contributed by atoms with Crippen LogP contribution in [0.5, 0.6) is 5.75 Å². The van der Waals surface area contributed by atoms with Gasteiger partial charge in [0.1, 0.15) is 5.75 Å². The van der Waals surface area contributed by atoms with Gasteiger partial charge in [-0.15, -0.1) is 0 Å². The molecule has 0 N–H and O–H groups in total. The molecule has 0 radical (unpaired) electrons. The van der Waals surface area contributed by atoms with Crippen LogP contribution >= 0.6 is 11.6 Å². The van der Waals surface area contributed by atoms with Gasteiger partial charge in [-0.3, -0.25) is 4.79 Å². The molecule has 0 aromatic heterocycles. The molecule has 0 aliphatic heterocycles. The van der Waals surface area contributed by atoms with Crippen molar-refractivity contribution in [2.24, 2.45) is 5.92 Å². The molecule has 1 aromatic rings. The third kappa shape index (κ3) is 3.26. The molecule has 1 saturated carbocycles. The minimum atomic E-state index is 0.130. The van der Waals surface area contributed by atoms with Gasteiger partial charge in [0, 0.05) is 12.0 Å². The van der Waals surface area contributed by atoms with Crippen molar-refractivity contribution >= 4 is 17.4 Å². The second kappa shape index (κ2) is 6.24. The van der Waals surface area contributed by atoms with Crippen LogP contribution in [-0.4, -0.2) is 12.9 Å². The maximum absolute atomic E-state index is 12.2. The molecule has 1 aliphatic carbocycles. The molecule has 0 atom stereocenters. The van der Waals surface area contributed by atoms with Crippen LogP contribution in [0.1, 0.15) is 48.9 Å². The number of Topliss-reactive ketones (excluding diaryl/α,β-unsaturated/α-hetero) is 1. The molecule has 18 heavy (non-hydrogen) atoms. The van der Waals surface area contributed by atoms with E-state index in [0.29, 0.717) is 22.8 Å². The fraction of sp³-hybridized carbons (Fsp3) is 0.533. The van der Waals surface area contributed by atoms with Gasteiger partial charge in [0.15, 0.2) is 5.78 Å². The van der Waals surface area contributed by atoms with Crippen molar-refractivity contribution in [1.29, 1.82) is 0 Å². The number of halogens is 1. The molecule has 2 rings (SSSR count). The Morgan fingerprint density at radius 1 is 1.39 bits per heavy atom. The summed E-state index contributed by atoms with van der Waals surface area (Å²) in [5.74, 6) is 1.55. The summed E-state index contributed by atoms with van der Waals surface area (Å²) in [6, 6.07) is 5.23. The molecule has 0 saturated heterocycles. The van der Waals surface area contributed by atoms with E-state index in [0.717, 1.165) is 12.3 Å². The van der Waals surface area contributed by atoms with E-state index in [-0.39, 0.29) is 5.78 Å². The standard InChI is InChI=1S/C15H19ClO2/c1-18-12-7-8-14(16)13(10-12)15(17)9-6-11-4-2-3-5-11/h7-8,10-11H,2-6,9H2,1H3. The van der Waals surface area contributed by atoms with Crippen molar-refractivity contribution in [3.8, 4) is 5.75 Å². The number of ether oxygens (including phenoxy) is 1. The predicted octanol–water partition coefficient (Wildman–Crippen LogP) is 4.50. The van der Waals surface area contributed by atoms with Crippen molar-refractivity contribution in [2.45, 2.75) is 38.5 Å². The van der Waals surface area contributed by atoms with Crippen LogP contribution in [0.3, 0.4) is 0 Å². The maximum Gasteiger partial charge on any atom is 0.164 e.